The molecule has 2 aliphatic heterocycles. The normalized spacial score (nSPS) is 16.5. The van der Waals surface area contributed by atoms with Gasteiger partial charge in [-0.2, -0.15) is 0 Å². The fourth-order valence-electron chi connectivity index (χ4n) is 3.27. The number of hydrogen-bond acceptors (Lipinski definition) is 4. The molecule has 2 heterocycles. The number of nitrogens with zero attached hydrogens (tertiary/aromatic N) is 2. The van der Waals surface area contributed by atoms with E-state index in [9.17, 15) is 14.4 Å². The molecule has 0 saturated carbocycles. The van der Waals surface area contributed by atoms with Crippen molar-refractivity contribution in [2.75, 3.05) is 36.5 Å². The second kappa shape index (κ2) is 6.85. The molecular formula is C20H19N3O4. The summed E-state index contributed by atoms with van der Waals surface area (Å²) in [5.41, 5.74) is 2.63. The van der Waals surface area contributed by atoms with Gasteiger partial charge in [0.25, 0.3) is 11.8 Å². The van der Waals surface area contributed by atoms with E-state index >= 15 is 0 Å². The molecule has 4 amide bonds. The fourth-order valence-corrected chi connectivity index (χ4v) is 3.27. The quantitative estimate of drug-likeness (QED) is 0.830. The van der Waals surface area contributed by atoms with Gasteiger partial charge in [0.05, 0.1) is 30.0 Å². The summed E-state index contributed by atoms with van der Waals surface area (Å²) in [6, 6.07) is 11.7. The molecule has 0 aromatic heterocycles. The molecule has 138 valence electrons. The number of nitrogens with one attached hydrogen (secondary N) is 1. The zero-order valence-corrected chi connectivity index (χ0v) is 14.9. The number of amides is 4. The SMILES string of the molecule is Cc1ccc(N2C(=O)c3ccccc3C2=O)cc1NC(=O)N1CCOCC1. The molecule has 0 aliphatic carbocycles. The predicted octanol–water partition coefficient (Wildman–Crippen LogP) is 2.66. The predicted molar refractivity (Wildman–Crippen MR) is 100 cm³/mol. The van der Waals surface area contributed by atoms with Crippen LogP contribution in [0.4, 0.5) is 16.2 Å². The van der Waals surface area contributed by atoms with E-state index in [0.717, 1.165) is 10.5 Å². The van der Waals surface area contributed by atoms with Crippen LogP contribution in [-0.2, 0) is 4.74 Å². The van der Waals surface area contributed by atoms with E-state index in [1.807, 2.05) is 6.92 Å². The van der Waals surface area contributed by atoms with E-state index in [1.165, 1.54) is 0 Å². The molecule has 0 spiro atoms. The molecule has 1 fully saturated rings. The van der Waals surface area contributed by atoms with Crippen molar-refractivity contribution in [3.8, 4) is 0 Å². The number of hydrogen-bond donors (Lipinski definition) is 1. The Kier molecular flexibility index (Phi) is 4.37. The van der Waals surface area contributed by atoms with Crippen LogP contribution in [-0.4, -0.2) is 49.0 Å². The molecule has 0 unspecified atom stereocenters. The van der Waals surface area contributed by atoms with E-state index in [0.29, 0.717) is 48.8 Å². The van der Waals surface area contributed by atoms with E-state index in [-0.39, 0.29) is 17.8 Å². The lowest BCUT2D eigenvalue weighted by Gasteiger charge is -2.27. The molecule has 27 heavy (non-hydrogen) atoms. The summed E-state index contributed by atoms with van der Waals surface area (Å²) < 4.78 is 5.26. The van der Waals surface area contributed by atoms with Crippen molar-refractivity contribution in [3.05, 3.63) is 59.2 Å². The van der Waals surface area contributed by atoms with Gasteiger partial charge in [-0.1, -0.05) is 18.2 Å². The third-order valence-electron chi connectivity index (χ3n) is 4.81. The van der Waals surface area contributed by atoms with Crippen molar-refractivity contribution in [2.45, 2.75) is 6.92 Å². The Morgan fingerprint density at radius 3 is 2.26 bits per heavy atom. The van der Waals surface area contributed by atoms with Crippen LogP contribution in [0.25, 0.3) is 0 Å². The number of urea groups is 1. The Bertz CT molecular complexity index is 900. The first-order valence-electron chi connectivity index (χ1n) is 8.78. The van der Waals surface area contributed by atoms with Crippen LogP contribution in [0.5, 0.6) is 0 Å². The highest BCUT2D eigenvalue weighted by atomic mass is 16.5. The minimum absolute atomic E-state index is 0.221. The van der Waals surface area contributed by atoms with Gasteiger partial charge < -0.3 is 15.0 Å². The molecule has 2 aromatic carbocycles. The summed E-state index contributed by atoms with van der Waals surface area (Å²) in [5.74, 6) is -0.713. The van der Waals surface area contributed by atoms with Crippen LogP contribution in [0.15, 0.2) is 42.5 Å². The maximum atomic E-state index is 12.7. The fraction of sp³-hybridized carbons (Fsp3) is 0.250. The third kappa shape index (κ3) is 3.06. The number of benzene rings is 2. The standard InChI is InChI=1S/C20H19N3O4/c1-13-6-7-14(12-17(13)21-20(26)22-8-10-27-11-9-22)23-18(24)15-4-2-3-5-16(15)19(23)25/h2-7,12H,8-11H2,1H3,(H,21,26). The minimum Gasteiger partial charge on any atom is -0.378 e. The molecule has 1 N–H and O–H groups in total. The van der Waals surface area contributed by atoms with Gasteiger partial charge in [0.2, 0.25) is 0 Å². The van der Waals surface area contributed by atoms with Crippen molar-refractivity contribution in [1.29, 1.82) is 0 Å². The Hall–Kier alpha value is -3.19. The highest BCUT2D eigenvalue weighted by Crippen LogP contribution is 2.31. The maximum Gasteiger partial charge on any atom is 0.322 e. The molecule has 4 rings (SSSR count). The van der Waals surface area contributed by atoms with Crippen LogP contribution in [0.2, 0.25) is 0 Å². The Morgan fingerprint density at radius 2 is 1.63 bits per heavy atom. The smallest absolute Gasteiger partial charge is 0.322 e. The van der Waals surface area contributed by atoms with Gasteiger partial charge in [-0.25, -0.2) is 9.69 Å². The van der Waals surface area contributed by atoms with Gasteiger partial charge in [-0.05, 0) is 36.8 Å². The monoisotopic (exact) mass is 365 g/mol. The van der Waals surface area contributed by atoms with Crippen molar-refractivity contribution in [2.24, 2.45) is 0 Å². The van der Waals surface area contributed by atoms with E-state index < -0.39 is 0 Å². The van der Waals surface area contributed by atoms with E-state index in [4.69, 9.17) is 4.74 Å². The highest BCUT2D eigenvalue weighted by molar-refractivity contribution is 6.34. The first-order chi connectivity index (χ1) is 13.1. The number of carbonyl (C=O) groups excluding carboxylic acids is 3. The van der Waals surface area contributed by atoms with E-state index in [1.54, 1.807) is 47.4 Å². The second-order valence-corrected chi connectivity index (χ2v) is 6.52. The van der Waals surface area contributed by atoms with Gasteiger partial charge in [-0.3, -0.25) is 9.59 Å². The van der Waals surface area contributed by atoms with Crippen LogP contribution >= 0.6 is 0 Å². The van der Waals surface area contributed by atoms with Crippen molar-refractivity contribution < 1.29 is 19.1 Å². The lowest BCUT2D eigenvalue weighted by molar-refractivity contribution is 0.0564. The topological polar surface area (TPSA) is 79.0 Å². The maximum absolute atomic E-state index is 12.7. The molecular weight excluding hydrogens is 346 g/mol. The zero-order valence-electron chi connectivity index (χ0n) is 14.9. The molecule has 7 heteroatoms. The van der Waals surface area contributed by atoms with Crippen molar-refractivity contribution >= 4 is 29.2 Å². The second-order valence-electron chi connectivity index (χ2n) is 6.52. The van der Waals surface area contributed by atoms with Crippen molar-refractivity contribution in [3.63, 3.8) is 0 Å². The molecule has 0 bridgehead atoms. The average molecular weight is 365 g/mol. The van der Waals surface area contributed by atoms with E-state index in [2.05, 4.69) is 5.32 Å². The minimum atomic E-state index is -0.357. The highest BCUT2D eigenvalue weighted by Gasteiger charge is 2.36. The summed E-state index contributed by atoms with van der Waals surface area (Å²) in [6.07, 6.45) is 0. The average Bonchev–Trinajstić information content (AvgIpc) is 2.95. The number of imide groups is 1. The molecule has 1 saturated heterocycles. The summed E-state index contributed by atoms with van der Waals surface area (Å²) in [4.78, 5) is 40.6. The molecule has 7 nitrogen and oxygen atoms in total. The van der Waals surface area contributed by atoms with Gasteiger partial charge in [-0.15, -0.1) is 0 Å². The number of carbonyl (C=O) groups is 3. The molecule has 0 atom stereocenters. The summed E-state index contributed by atoms with van der Waals surface area (Å²) in [7, 11) is 0. The number of rotatable bonds is 2. The van der Waals surface area contributed by atoms with Crippen LogP contribution in [0.1, 0.15) is 26.3 Å². The first-order valence-corrected chi connectivity index (χ1v) is 8.78. The molecule has 2 aliphatic rings. The van der Waals surface area contributed by atoms with Gasteiger partial charge >= 0.3 is 6.03 Å². The number of morpholine rings is 1. The van der Waals surface area contributed by atoms with Gasteiger partial charge in [0, 0.05) is 18.8 Å². The number of fused-ring (bicyclic) bond motifs is 1. The molecule has 2 aromatic rings. The number of anilines is 2. The van der Waals surface area contributed by atoms with Crippen molar-refractivity contribution in [1.82, 2.24) is 4.90 Å². The number of ether oxygens (including phenoxy) is 1. The summed E-state index contributed by atoms with van der Waals surface area (Å²) in [6.45, 7) is 3.95. The zero-order chi connectivity index (χ0) is 19.0. The van der Waals surface area contributed by atoms with Crippen LogP contribution in [0.3, 0.4) is 0 Å². The summed E-state index contributed by atoms with van der Waals surface area (Å²) in [5, 5.41) is 2.88. The molecule has 0 radical (unpaired) electrons. The summed E-state index contributed by atoms with van der Waals surface area (Å²) >= 11 is 0. The van der Waals surface area contributed by atoms with Crippen LogP contribution < -0.4 is 10.2 Å². The third-order valence-corrected chi connectivity index (χ3v) is 4.81. The first kappa shape index (κ1) is 17.2. The Labute approximate surface area is 156 Å². The van der Waals surface area contributed by atoms with Gasteiger partial charge in [0.15, 0.2) is 0 Å². The lowest BCUT2D eigenvalue weighted by atomic mass is 10.1. The lowest BCUT2D eigenvalue weighted by Crippen LogP contribution is -2.43. The van der Waals surface area contributed by atoms with Crippen LogP contribution in [0, 0.1) is 6.92 Å². The Balaban J connectivity index is 1.60. The number of aryl methyl sites for hydroxylation is 1. The largest absolute Gasteiger partial charge is 0.378 e. The Morgan fingerprint density at radius 1 is 1.00 bits per heavy atom. The van der Waals surface area contributed by atoms with Gasteiger partial charge in [0.1, 0.15) is 0 Å².